The maximum Gasteiger partial charge on any atom is 0.0805 e. The minimum Gasteiger partial charge on any atom is -0.386 e. The van der Waals surface area contributed by atoms with E-state index in [1.54, 1.807) is 5.57 Å². The summed E-state index contributed by atoms with van der Waals surface area (Å²) < 4.78 is 0. The highest BCUT2D eigenvalue weighted by atomic mass is 16.3. The Kier molecular flexibility index (Phi) is 1.36. The van der Waals surface area contributed by atoms with E-state index in [0.717, 1.165) is 30.1 Å². The molecule has 0 aliphatic heterocycles. The molecule has 5 atom stereocenters. The van der Waals surface area contributed by atoms with Crippen molar-refractivity contribution in [3.05, 3.63) is 11.6 Å². The molecule has 1 heteroatoms. The third kappa shape index (κ3) is 0.969. The van der Waals surface area contributed by atoms with Crippen molar-refractivity contribution in [2.75, 3.05) is 0 Å². The van der Waals surface area contributed by atoms with Gasteiger partial charge in [-0.05, 0) is 49.9 Å². The molecule has 5 unspecified atom stereocenters. The molecule has 0 saturated heterocycles. The van der Waals surface area contributed by atoms with Crippen LogP contribution in [0.5, 0.6) is 0 Å². The van der Waals surface area contributed by atoms with Crippen molar-refractivity contribution >= 4 is 0 Å². The Morgan fingerprint density at radius 3 is 3.08 bits per heavy atom. The van der Waals surface area contributed by atoms with E-state index in [2.05, 4.69) is 13.0 Å². The summed E-state index contributed by atoms with van der Waals surface area (Å²) in [7, 11) is 0. The van der Waals surface area contributed by atoms with Crippen molar-refractivity contribution in [1.29, 1.82) is 0 Å². The van der Waals surface area contributed by atoms with Crippen LogP contribution in [0.2, 0.25) is 0 Å². The molecule has 0 aromatic heterocycles. The molecule has 0 heterocycles. The molecule has 13 heavy (non-hydrogen) atoms. The minimum absolute atomic E-state index is 0.506. The summed E-state index contributed by atoms with van der Waals surface area (Å²) in [6.07, 6.45) is 5.77. The van der Waals surface area contributed by atoms with Gasteiger partial charge in [0.15, 0.2) is 0 Å². The fraction of sp³-hybridized carbons (Fsp3) is 0.833. The van der Waals surface area contributed by atoms with Crippen molar-refractivity contribution in [3.63, 3.8) is 0 Å². The van der Waals surface area contributed by atoms with Crippen LogP contribution in [0.3, 0.4) is 0 Å². The Morgan fingerprint density at radius 2 is 2.31 bits per heavy atom. The van der Waals surface area contributed by atoms with Crippen molar-refractivity contribution < 1.29 is 5.11 Å². The molecule has 0 spiro atoms. The molecule has 72 valence electrons. The first-order chi connectivity index (χ1) is 6.07. The quantitative estimate of drug-likeness (QED) is 0.565. The number of aliphatic hydroxyl groups is 1. The summed E-state index contributed by atoms with van der Waals surface area (Å²) in [6.45, 7) is 4.36. The number of hydrogen-bond acceptors (Lipinski definition) is 1. The van der Waals surface area contributed by atoms with Crippen molar-refractivity contribution in [1.82, 2.24) is 0 Å². The zero-order chi connectivity index (χ0) is 9.22. The molecular weight excluding hydrogens is 160 g/mol. The smallest absolute Gasteiger partial charge is 0.0805 e. The largest absolute Gasteiger partial charge is 0.386 e. The second-order valence-corrected chi connectivity index (χ2v) is 5.61. The molecular formula is C12H18O. The van der Waals surface area contributed by atoms with Crippen LogP contribution in [0, 0.1) is 23.7 Å². The predicted octanol–water partition coefficient (Wildman–Crippen LogP) is 2.36. The summed E-state index contributed by atoms with van der Waals surface area (Å²) in [6, 6.07) is 0. The van der Waals surface area contributed by atoms with E-state index in [1.165, 1.54) is 12.8 Å². The average molecular weight is 178 g/mol. The first kappa shape index (κ1) is 8.05. The number of fused-ring (bicyclic) bond motifs is 1. The van der Waals surface area contributed by atoms with Crippen LogP contribution in [0.25, 0.3) is 0 Å². The Hall–Kier alpha value is -0.300. The molecule has 3 rings (SSSR count). The SMILES string of the molecule is CC1C2CC3C(=CC(C)(O)C2)CC31. The lowest BCUT2D eigenvalue weighted by Gasteiger charge is -2.40. The average Bonchev–Trinajstić information content (AvgIpc) is 2.17. The molecule has 3 aliphatic rings. The highest BCUT2D eigenvalue weighted by Gasteiger charge is 2.52. The van der Waals surface area contributed by atoms with E-state index in [-0.39, 0.29) is 0 Å². The summed E-state index contributed by atoms with van der Waals surface area (Å²) >= 11 is 0. The van der Waals surface area contributed by atoms with Crippen molar-refractivity contribution in [2.45, 2.75) is 38.7 Å². The van der Waals surface area contributed by atoms with Crippen LogP contribution in [0.1, 0.15) is 33.1 Å². The second-order valence-electron chi connectivity index (χ2n) is 5.61. The van der Waals surface area contributed by atoms with Gasteiger partial charge in [0.2, 0.25) is 0 Å². The van der Waals surface area contributed by atoms with E-state index < -0.39 is 5.60 Å². The van der Waals surface area contributed by atoms with Gasteiger partial charge in [-0.25, -0.2) is 0 Å². The van der Waals surface area contributed by atoms with Gasteiger partial charge in [-0.2, -0.15) is 0 Å². The van der Waals surface area contributed by atoms with E-state index in [0.29, 0.717) is 0 Å². The lowest BCUT2D eigenvalue weighted by atomic mass is 9.66. The molecule has 0 amide bonds. The van der Waals surface area contributed by atoms with E-state index in [4.69, 9.17) is 0 Å². The molecule has 0 radical (unpaired) electrons. The van der Waals surface area contributed by atoms with Gasteiger partial charge in [-0.1, -0.05) is 18.6 Å². The van der Waals surface area contributed by atoms with Gasteiger partial charge in [0.1, 0.15) is 0 Å². The first-order valence-corrected chi connectivity index (χ1v) is 5.51. The topological polar surface area (TPSA) is 20.2 Å². The summed E-state index contributed by atoms with van der Waals surface area (Å²) in [5.74, 6) is 3.46. The van der Waals surface area contributed by atoms with E-state index in [1.807, 2.05) is 6.92 Å². The Labute approximate surface area is 79.8 Å². The third-order valence-corrected chi connectivity index (χ3v) is 4.61. The summed E-state index contributed by atoms with van der Waals surface area (Å²) in [4.78, 5) is 0. The maximum atomic E-state index is 10.1. The van der Waals surface area contributed by atoms with Crippen LogP contribution in [0.4, 0.5) is 0 Å². The van der Waals surface area contributed by atoms with Crippen LogP contribution < -0.4 is 0 Å². The van der Waals surface area contributed by atoms with Crippen LogP contribution in [-0.4, -0.2) is 10.7 Å². The summed E-state index contributed by atoms with van der Waals surface area (Å²) in [5, 5.41) is 10.1. The number of hydrogen-bond donors (Lipinski definition) is 1. The highest BCUT2D eigenvalue weighted by molar-refractivity contribution is 5.28. The van der Waals surface area contributed by atoms with E-state index in [9.17, 15) is 5.11 Å². The monoisotopic (exact) mass is 178 g/mol. The van der Waals surface area contributed by atoms with Gasteiger partial charge in [-0.15, -0.1) is 0 Å². The van der Waals surface area contributed by atoms with Crippen molar-refractivity contribution in [3.8, 4) is 0 Å². The number of rotatable bonds is 0. The first-order valence-electron chi connectivity index (χ1n) is 5.51. The second kappa shape index (κ2) is 2.20. The molecule has 1 N–H and O–H groups in total. The van der Waals surface area contributed by atoms with Crippen LogP contribution >= 0.6 is 0 Å². The Balaban J connectivity index is 2.01. The minimum atomic E-state index is -0.506. The molecule has 0 aromatic rings. The zero-order valence-electron chi connectivity index (χ0n) is 8.46. The standard InChI is InChI=1S/C12H18O/c1-7-8-3-11-9(4-10(7)11)6-12(2,13)5-8/h6-8,10-11,13H,3-5H2,1-2H3. The molecule has 3 aliphatic carbocycles. The van der Waals surface area contributed by atoms with Gasteiger partial charge in [0, 0.05) is 0 Å². The fourth-order valence-corrected chi connectivity index (χ4v) is 3.87. The third-order valence-electron chi connectivity index (χ3n) is 4.61. The zero-order valence-corrected chi connectivity index (χ0v) is 8.46. The Morgan fingerprint density at radius 1 is 1.54 bits per heavy atom. The lowest BCUT2D eigenvalue weighted by molar-refractivity contribution is 0.0661. The van der Waals surface area contributed by atoms with Gasteiger partial charge in [-0.3, -0.25) is 0 Å². The lowest BCUT2D eigenvalue weighted by Crippen LogP contribution is -2.34. The normalized spacial score (nSPS) is 58.2. The van der Waals surface area contributed by atoms with Gasteiger partial charge in [0.25, 0.3) is 0 Å². The highest BCUT2D eigenvalue weighted by Crippen LogP contribution is 2.60. The van der Waals surface area contributed by atoms with Gasteiger partial charge < -0.3 is 5.11 Å². The Bertz CT molecular complexity index is 277. The maximum absolute atomic E-state index is 10.1. The predicted molar refractivity (Wildman–Crippen MR) is 52.2 cm³/mol. The van der Waals surface area contributed by atoms with Gasteiger partial charge >= 0.3 is 0 Å². The van der Waals surface area contributed by atoms with Gasteiger partial charge in [0.05, 0.1) is 5.60 Å². The fourth-order valence-electron chi connectivity index (χ4n) is 3.87. The van der Waals surface area contributed by atoms with Crippen LogP contribution in [-0.2, 0) is 0 Å². The molecule has 2 saturated carbocycles. The molecule has 0 aromatic carbocycles. The molecule has 2 fully saturated rings. The molecule has 2 bridgehead atoms. The molecule has 1 nitrogen and oxygen atoms in total. The number of allylic oxidation sites excluding steroid dienone is 1. The van der Waals surface area contributed by atoms with Crippen LogP contribution in [0.15, 0.2) is 11.6 Å². The van der Waals surface area contributed by atoms with Crippen molar-refractivity contribution in [2.24, 2.45) is 23.7 Å². The summed E-state index contributed by atoms with van der Waals surface area (Å²) in [5.41, 5.74) is 1.05. The van der Waals surface area contributed by atoms with E-state index >= 15 is 0 Å².